The molecule has 2 heteroatoms. The molecule has 2 nitrogen and oxygen atoms in total. The summed E-state index contributed by atoms with van der Waals surface area (Å²) in [6, 6.07) is 8.83. The molecule has 1 radical (unpaired) electrons. The largest absolute Gasteiger partial charge is 0.272 e. The van der Waals surface area contributed by atoms with E-state index in [-0.39, 0.29) is 0 Å². The summed E-state index contributed by atoms with van der Waals surface area (Å²) in [6.07, 6.45) is 2.04. The molecule has 55 valence electrons. The van der Waals surface area contributed by atoms with Crippen LogP contribution in [0, 0.1) is 6.07 Å². The molecule has 0 saturated heterocycles. The van der Waals surface area contributed by atoms with E-state index in [0.717, 1.165) is 12.1 Å². The van der Waals surface area contributed by atoms with Gasteiger partial charge >= 0.3 is 0 Å². The van der Waals surface area contributed by atoms with E-state index in [1.165, 1.54) is 5.39 Å². The molecule has 0 fully saturated rings. The predicted molar refractivity (Wildman–Crippen MR) is 44.2 cm³/mol. The molecule has 0 aliphatic heterocycles. The molecule has 0 N–H and O–H groups in total. The molecule has 1 aromatic heterocycles. The fourth-order valence-corrected chi connectivity index (χ4v) is 1.12. The third-order valence-electron chi connectivity index (χ3n) is 1.72. The fourth-order valence-electron chi connectivity index (χ4n) is 1.12. The van der Waals surface area contributed by atoms with Crippen LogP contribution in [0.3, 0.4) is 0 Å². The first-order valence-corrected chi connectivity index (χ1v) is 3.73. The van der Waals surface area contributed by atoms with Gasteiger partial charge in [0.1, 0.15) is 0 Å². The average Bonchev–Trinajstić information content (AvgIpc) is 2.46. The first-order chi connectivity index (χ1) is 5.40. The number of aromatic nitrogens is 2. The predicted octanol–water partition coefficient (Wildman–Crippen LogP) is 1.86. The van der Waals surface area contributed by atoms with E-state index in [1.54, 1.807) is 0 Å². The smallest absolute Gasteiger partial charge is 0.0929 e. The Bertz CT molecular complexity index is 329. The summed E-state index contributed by atoms with van der Waals surface area (Å²) < 4.78 is 1.93. The highest BCUT2D eigenvalue weighted by Gasteiger charge is 1.95. The van der Waals surface area contributed by atoms with Crippen LogP contribution in [0.5, 0.6) is 0 Å². The van der Waals surface area contributed by atoms with Crippen molar-refractivity contribution in [3.05, 3.63) is 30.5 Å². The molecule has 0 saturated carbocycles. The fraction of sp³-hybridized carbons (Fsp3) is 0.222. The molecule has 2 aromatic rings. The molecule has 0 aliphatic carbocycles. The maximum Gasteiger partial charge on any atom is 0.0929 e. The van der Waals surface area contributed by atoms with E-state index in [1.807, 2.05) is 29.1 Å². The van der Waals surface area contributed by atoms with E-state index in [4.69, 9.17) is 0 Å². The van der Waals surface area contributed by atoms with Gasteiger partial charge in [-0.15, -0.1) is 0 Å². The van der Waals surface area contributed by atoms with Gasteiger partial charge in [0.2, 0.25) is 0 Å². The highest BCUT2D eigenvalue weighted by molar-refractivity contribution is 5.77. The second kappa shape index (κ2) is 2.38. The Labute approximate surface area is 65.5 Å². The summed E-state index contributed by atoms with van der Waals surface area (Å²) in [7, 11) is 0. The lowest BCUT2D eigenvalue weighted by atomic mass is 10.3. The molecule has 0 aliphatic rings. The van der Waals surface area contributed by atoms with E-state index in [2.05, 4.69) is 18.1 Å². The summed E-state index contributed by atoms with van der Waals surface area (Å²) >= 11 is 0. The lowest BCUT2D eigenvalue weighted by Gasteiger charge is -1.88. The zero-order chi connectivity index (χ0) is 7.68. The lowest BCUT2D eigenvalue weighted by molar-refractivity contribution is 0.668. The Kier molecular flexibility index (Phi) is 1.39. The Morgan fingerprint density at radius 3 is 3.27 bits per heavy atom. The molecule has 0 unspecified atom stereocenters. The standard InChI is InChI=1S/C9H9N2/c1-2-11-7-8-5-3-4-6-9(8)10-11/h3,5-7H,2H2,1H3. The molecule has 11 heavy (non-hydrogen) atoms. The minimum absolute atomic E-state index is 0.925. The van der Waals surface area contributed by atoms with Crippen molar-refractivity contribution in [3.63, 3.8) is 0 Å². The lowest BCUT2D eigenvalue weighted by Crippen LogP contribution is -1.92. The molecule has 1 heterocycles. The Hall–Kier alpha value is -1.31. The van der Waals surface area contributed by atoms with Gasteiger partial charge in [0.05, 0.1) is 5.52 Å². The Morgan fingerprint density at radius 1 is 1.64 bits per heavy atom. The van der Waals surface area contributed by atoms with Gasteiger partial charge in [-0.25, -0.2) is 0 Å². The van der Waals surface area contributed by atoms with Crippen molar-refractivity contribution in [2.24, 2.45) is 0 Å². The number of benzene rings is 1. The summed E-state index contributed by atoms with van der Waals surface area (Å²) in [6.45, 7) is 3.00. The van der Waals surface area contributed by atoms with Crippen LogP contribution in [-0.2, 0) is 6.54 Å². The third kappa shape index (κ3) is 1.00. The van der Waals surface area contributed by atoms with Crippen LogP contribution in [0.2, 0.25) is 0 Å². The first-order valence-electron chi connectivity index (χ1n) is 3.73. The number of nitrogens with zero attached hydrogens (tertiary/aromatic N) is 2. The van der Waals surface area contributed by atoms with Crippen LogP contribution in [0.15, 0.2) is 24.4 Å². The Morgan fingerprint density at radius 2 is 2.55 bits per heavy atom. The van der Waals surface area contributed by atoms with Crippen LogP contribution in [-0.4, -0.2) is 9.78 Å². The SMILES string of the molecule is CCn1cc2cc[c]cc2n1. The number of fused-ring (bicyclic) bond motifs is 1. The minimum Gasteiger partial charge on any atom is -0.272 e. The summed E-state index contributed by atoms with van der Waals surface area (Å²) in [5.41, 5.74) is 1.02. The number of aryl methyl sites for hydroxylation is 1. The minimum atomic E-state index is 0.925. The summed E-state index contributed by atoms with van der Waals surface area (Å²) in [4.78, 5) is 0. The van der Waals surface area contributed by atoms with E-state index >= 15 is 0 Å². The van der Waals surface area contributed by atoms with Crippen molar-refractivity contribution < 1.29 is 0 Å². The molecule has 2 rings (SSSR count). The topological polar surface area (TPSA) is 17.8 Å². The van der Waals surface area contributed by atoms with Gasteiger partial charge in [0.25, 0.3) is 0 Å². The van der Waals surface area contributed by atoms with Crippen molar-refractivity contribution in [3.8, 4) is 0 Å². The van der Waals surface area contributed by atoms with Gasteiger partial charge in [0.15, 0.2) is 0 Å². The molecule has 0 atom stereocenters. The number of rotatable bonds is 1. The molecule has 0 bridgehead atoms. The third-order valence-corrected chi connectivity index (χ3v) is 1.72. The van der Waals surface area contributed by atoms with Gasteiger partial charge < -0.3 is 0 Å². The maximum atomic E-state index is 4.32. The van der Waals surface area contributed by atoms with E-state index in [9.17, 15) is 0 Å². The normalized spacial score (nSPS) is 10.6. The van der Waals surface area contributed by atoms with Crippen LogP contribution < -0.4 is 0 Å². The zero-order valence-electron chi connectivity index (χ0n) is 6.41. The molecule has 1 aromatic carbocycles. The van der Waals surface area contributed by atoms with Gasteiger partial charge in [0, 0.05) is 18.1 Å². The first kappa shape index (κ1) is 6.40. The average molecular weight is 145 g/mol. The quantitative estimate of drug-likeness (QED) is 0.598. The Balaban J connectivity index is 2.69. The van der Waals surface area contributed by atoms with Gasteiger partial charge in [-0.3, -0.25) is 4.68 Å². The monoisotopic (exact) mass is 145 g/mol. The van der Waals surface area contributed by atoms with Crippen molar-refractivity contribution in [2.45, 2.75) is 13.5 Å². The summed E-state index contributed by atoms with van der Waals surface area (Å²) in [5.74, 6) is 0. The second-order valence-electron chi connectivity index (χ2n) is 2.47. The van der Waals surface area contributed by atoms with Crippen molar-refractivity contribution >= 4 is 10.9 Å². The van der Waals surface area contributed by atoms with Crippen molar-refractivity contribution in [2.75, 3.05) is 0 Å². The zero-order valence-corrected chi connectivity index (χ0v) is 6.41. The maximum absolute atomic E-state index is 4.32. The van der Waals surface area contributed by atoms with Crippen molar-refractivity contribution in [1.29, 1.82) is 0 Å². The molecule has 0 spiro atoms. The highest BCUT2D eigenvalue weighted by Crippen LogP contribution is 2.09. The van der Waals surface area contributed by atoms with E-state index < -0.39 is 0 Å². The molecular weight excluding hydrogens is 136 g/mol. The number of hydrogen-bond acceptors (Lipinski definition) is 1. The second-order valence-corrected chi connectivity index (χ2v) is 2.47. The van der Waals surface area contributed by atoms with Gasteiger partial charge in [-0.05, 0) is 19.1 Å². The van der Waals surface area contributed by atoms with Crippen LogP contribution in [0.1, 0.15) is 6.92 Å². The molecular formula is C9H9N2. The van der Waals surface area contributed by atoms with Crippen LogP contribution in [0.25, 0.3) is 10.9 Å². The number of hydrogen-bond donors (Lipinski definition) is 0. The highest BCUT2D eigenvalue weighted by atomic mass is 15.3. The van der Waals surface area contributed by atoms with Gasteiger partial charge in [-0.1, -0.05) is 12.1 Å². The molecule has 0 amide bonds. The van der Waals surface area contributed by atoms with Gasteiger partial charge in [-0.2, -0.15) is 5.10 Å². The van der Waals surface area contributed by atoms with Crippen LogP contribution in [0.4, 0.5) is 0 Å². The van der Waals surface area contributed by atoms with E-state index in [0.29, 0.717) is 0 Å². The van der Waals surface area contributed by atoms with Crippen LogP contribution >= 0.6 is 0 Å². The summed E-state index contributed by atoms with van der Waals surface area (Å²) in [5, 5.41) is 5.50. The van der Waals surface area contributed by atoms with Crippen molar-refractivity contribution in [1.82, 2.24) is 9.78 Å².